The first kappa shape index (κ1) is 18.5. The number of carbonyl (C=O) groups is 1. The molecule has 1 atom stereocenters. The van der Waals surface area contributed by atoms with Gasteiger partial charge in [0, 0.05) is 38.4 Å². The summed E-state index contributed by atoms with van der Waals surface area (Å²) in [5.41, 5.74) is 2.05. The molecule has 0 bridgehead atoms. The van der Waals surface area contributed by atoms with Crippen molar-refractivity contribution < 1.29 is 13.2 Å². The molecule has 24 heavy (non-hydrogen) atoms. The average molecular weight is 350 g/mol. The topological polar surface area (TPSA) is 57.7 Å². The average Bonchev–Trinajstić information content (AvgIpc) is 2.90. The Morgan fingerprint density at radius 2 is 1.92 bits per heavy atom. The molecular weight excluding hydrogens is 324 g/mol. The van der Waals surface area contributed by atoms with Gasteiger partial charge in [-0.05, 0) is 36.6 Å². The highest BCUT2D eigenvalue weighted by atomic mass is 32.2. The van der Waals surface area contributed by atoms with Crippen LogP contribution in [0.15, 0.2) is 30.3 Å². The van der Waals surface area contributed by atoms with E-state index in [1.54, 1.807) is 17.1 Å². The van der Waals surface area contributed by atoms with Crippen LogP contribution in [0.2, 0.25) is 0 Å². The molecule has 132 valence electrons. The van der Waals surface area contributed by atoms with Crippen molar-refractivity contribution in [3.8, 4) is 0 Å². The Hall–Kier alpha value is -1.82. The van der Waals surface area contributed by atoms with Crippen molar-refractivity contribution in [3.05, 3.63) is 35.9 Å². The molecule has 6 heteroatoms. The van der Waals surface area contributed by atoms with Crippen molar-refractivity contribution in [2.24, 2.45) is 0 Å². The van der Waals surface area contributed by atoms with Crippen molar-refractivity contribution in [2.75, 3.05) is 37.0 Å². The molecule has 0 radical (unpaired) electrons. The summed E-state index contributed by atoms with van der Waals surface area (Å²) in [5.74, 6) is 0.154. The molecule has 1 heterocycles. The molecule has 1 saturated heterocycles. The first-order valence-corrected chi connectivity index (χ1v) is 10.1. The summed E-state index contributed by atoms with van der Waals surface area (Å²) in [7, 11) is 0.963. The van der Waals surface area contributed by atoms with Gasteiger partial charge in [-0.15, -0.1) is 0 Å². The Morgan fingerprint density at radius 1 is 1.25 bits per heavy atom. The number of anilines is 1. The van der Waals surface area contributed by atoms with Crippen LogP contribution < -0.4 is 4.90 Å². The van der Waals surface area contributed by atoms with E-state index in [0.717, 1.165) is 17.7 Å². The van der Waals surface area contributed by atoms with Crippen molar-refractivity contribution >= 4 is 27.5 Å². The monoisotopic (exact) mass is 350 g/mol. The minimum atomic E-state index is -2.99. The zero-order valence-corrected chi connectivity index (χ0v) is 15.4. The lowest BCUT2D eigenvalue weighted by Crippen LogP contribution is -2.40. The van der Waals surface area contributed by atoms with Gasteiger partial charge < -0.3 is 9.80 Å². The highest BCUT2D eigenvalue weighted by Crippen LogP contribution is 2.19. The van der Waals surface area contributed by atoms with Crippen molar-refractivity contribution in [1.82, 2.24) is 4.90 Å². The number of hydrogen-bond acceptors (Lipinski definition) is 4. The largest absolute Gasteiger partial charge is 0.378 e. The number of hydrogen-bond donors (Lipinski definition) is 0. The lowest BCUT2D eigenvalue weighted by atomic mass is 10.1. The molecule has 1 aliphatic heterocycles. The van der Waals surface area contributed by atoms with Gasteiger partial charge >= 0.3 is 0 Å². The van der Waals surface area contributed by atoms with Crippen LogP contribution in [0.1, 0.15) is 25.3 Å². The Morgan fingerprint density at radius 3 is 2.42 bits per heavy atom. The molecule has 1 aliphatic rings. The van der Waals surface area contributed by atoms with Crippen LogP contribution >= 0.6 is 0 Å². The quantitative estimate of drug-likeness (QED) is 0.738. The maximum Gasteiger partial charge on any atom is 0.246 e. The lowest BCUT2D eigenvalue weighted by Gasteiger charge is -2.26. The van der Waals surface area contributed by atoms with Crippen LogP contribution in [0, 0.1) is 0 Å². The van der Waals surface area contributed by atoms with E-state index >= 15 is 0 Å². The maximum absolute atomic E-state index is 12.5. The molecule has 0 aromatic heterocycles. The van der Waals surface area contributed by atoms with Gasteiger partial charge in [0.15, 0.2) is 9.84 Å². The second-order valence-electron chi connectivity index (χ2n) is 6.41. The first-order chi connectivity index (χ1) is 11.3. The maximum atomic E-state index is 12.5. The van der Waals surface area contributed by atoms with Gasteiger partial charge in [-0.1, -0.05) is 19.1 Å². The highest BCUT2D eigenvalue weighted by molar-refractivity contribution is 7.91. The van der Waals surface area contributed by atoms with Crippen LogP contribution in [0.5, 0.6) is 0 Å². The summed E-state index contributed by atoms with van der Waals surface area (Å²) in [5, 5.41) is 0. The van der Waals surface area contributed by atoms with Crippen molar-refractivity contribution in [1.29, 1.82) is 0 Å². The zero-order valence-electron chi connectivity index (χ0n) is 14.6. The lowest BCUT2D eigenvalue weighted by molar-refractivity contribution is -0.127. The van der Waals surface area contributed by atoms with Gasteiger partial charge in [-0.2, -0.15) is 0 Å². The molecule has 1 amide bonds. The van der Waals surface area contributed by atoms with Gasteiger partial charge in [0.2, 0.25) is 5.91 Å². The molecule has 0 aliphatic carbocycles. The third kappa shape index (κ3) is 4.84. The Balaban J connectivity index is 2.07. The third-order valence-electron chi connectivity index (χ3n) is 4.22. The summed E-state index contributed by atoms with van der Waals surface area (Å²) >= 11 is 0. The Labute approximate surface area is 144 Å². The van der Waals surface area contributed by atoms with E-state index in [-0.39, 0.29) is 23.5 Å². The number of carbonyl (C=O) groups excluding carboxylic acids is 1. The molecule has 0 saturated carbocycles. The second-order valence-corrected chi connectivity index (χ2v) is 8.64. The fourth-order valence-corrected chi connectivity index (χ4v) is 4.61. The van der Waals surface area contributed by atoms with E-state index in [4.69, 9.17) is 0 Å². The fourth-order valence-electron chi connectivity index (χ4n) is 2.88. The molecular formula is C18H26N2O3S. The van der Waals surface area contributed by atoms with Crippen LogP contribution in [0.25, 0.3) is 6.08 Å². The predicted molar refractivity (Wildman–Crippen MR) is 98.9 cm³/mol. The normalized spacial score (nSPS) is 19.5. The van der Waals surface area contributed by atoms with E-state index in [2.05, 4.69) is 0 Å². The Kier molecular flexibility index (Phi) is 6.04. The van der Waals surface area contributed by atoms with Crippen molar-refractivity contribution in [3.63, 3.8) is 0 Å². The molecule has 1 aromatic carbocycles. The van der Waals surface area contributed by atoms with E-state index in [9.17, 15) is 13.2 Å². The zero-order chi connectivity index (χ0) is 17.7. The fraction of sp³-hybridized carbons (Fsp3) is 0.500. The molecule has 1 unspecified atom stereocenters. The van der Waals surface area contributed by atoms with Gasteiger partial charge in [-0.25, -0.2) is 8.42 Å². The van der Waals surface area contributed by atoms with Gasteiger partial charge in [-0.3, -0.25) is 4.79 Å². The molecule has 0 N–H and O–H groups in total. The summed E-state index contributed by atoms with van der Waals surface area (Å²) in [4.78, 5) is 16.2. The molecule has 2 rings (SSSR count). The second kappa shape index (κ2) is 7.83. The summed E-state index contributed by atoms with van der Waals surface area (Å²) in [6.45, 7) is 2.58. The number of amides is 1. The van der Waals surface area contributed by atoms with Crippen LogP contribution in [0.4, 0.5) is 5.69 Å². The Bertz CT molecular complexity index is 693. The summed E-state index contributed by atoms with van der Waals surface area (Å²) < 4.78 is 23.4. The van der Waals surface area contributed by atoms with Crippen LogP contribution in [0.3, 0.4) is 0 Å². The molecule has 1 fully saturated rings. The smallest absolute Gasteiger partial charge is 0.246 e. The number of benzene rings is 1. The van der Waals surface area contributed by atoms with E-state index < -0.39 is 9.84 Å². The van der Waals surface area contributed by atoms with Crippen LogP contribution in [-0.4, -0.2) is 57.4 Å². The van der Waals surface area contributed by atoms with Gasteiger partial charge in [0.1, 0.15) is 0 Å². The van der Waals surface area contributed by atoms with Crippen molar-refractivity contribution in [2.45, 2.75) is 25.8 Å². The SMILES string of the molecule is CCCN(C(=O)C=Cc1ccc(N(C)C)cc1)C1CCS(=O)(=O)C1. The predicted octanol–water partition coefficient (Wildman–Crippen LogP) is 2.19. The highest BCUT2D eigenvalue weighted by Gasteiger charge is 2.33. The van der Waals surface area contributed by atoms with Gasteiger partial charge in [0.05, 0.1) is 11.5 Å². The summed E-state index contributed by atoms with van der Waals surface area (Å²) in [6.07, 6.45) is 4.69. The molecule has 1 aromatic rings. The number of nitrogens with zero attached hydrogens (tertiary/aromatic N) is 2. The molecule has 5 nitrogen and oxygen atoms in total. The number of rotatable bonds is 6. The van der Waals surface area contributed by atoms with E-state index in [1.807, 2.05) is 50.2 Å². The minimum absolute atomic E-state index is 0.0874. The van der Waals surface area contributed by atoms with Crippen LogP contribution in [-0.2, 0) is 14.6 Å². The van der Waals surface area contributed by atoms with E-state index in [1.165, 1.54) is 0 Å². The number of sulfone groups is 1. The molecule has 0 spiro atoms. The minimum Gasteiger partial charge on any atom is -0.378 e. The third-order valence-corrected chi connectivity index (χ3v) is 5.97. The standard InChI is InChI=1S/C18H26N2O3S/c1-4-12-20(17-11-13-24(22,23)14-17)18(21)10-7-15-5-8-16(9-6-15)19(2)3/h5-10,17H,4,11-14H2,1-3H3. The first-order valence-electron chi connectivity index (χ1n) is 8.29. The summed E-state index contributed by atoms with van der Waals surface area (Å²) in [6, 6.07) is 7.73. The van der Waals surface area contributed by atoms with Gasteiger partial charge in [0.25, 0.3) is 0 Å². The van der Waals surface area contributed by atoms with E-state index in [0.29, 0.717) is 13.0 Å².